The van der Waals surface area contributed by atoms with Crippen molar-refractivity contribution in [3.05, 3.63) is 32.8 Å². The minimum absolute atomic E-state index is 0.111. The van der Waals surface area contributed by atoms with Crippen LogP contribution in [0.25, 0.3) is 0 Å². The number of halogens is 1. The van der Waals surface area contributed by atoms with Gasteiger partial charge in [0.2, 0.25) is 6.08 Å². The fourth-order valence-corrected chi connectivity index (χ4v) is 1.19. The van der Waals surface area contributed by atoms with Gasteiger partial charge in [-0.1, -0.05) is 11.6 Å². The molecule has 1 aromatic rings. The van der Waals surface area contributed by atoms with Crippen LogP contribution in [0.3, 0.4) is 0 Å². The second kappa shape index (κ2) is 4.33. The fourth-order valence-electron chi connectivity index (χ4n) is 0.935. The molecule has 0 atom stereocenters. The first-order valence-corrected chi connectivity index (χ1v) is 3.94. The van der Waals surface area contributed by atoms with Gasteiger partial charge in [-0.15, -0.1) is 0 Å². The predicted molar refractivity (Wildman–Crippen MR) is 50.6 cm³/mol. The van der Waals surface area contributed by atoms with Crippen LogP contribution in [0, 0.1) is 21.4 Å². The third kappa shape index (κ3) is 2.17. The molecule has 0 aliphatic carbocycles. The van der Waals surface area contributed by atoms with Gasteiger partial charge in [0.15, 0.2) is 0 Å². The quantitative estimate of drug-likeness (QED) is 0.332. The van der Waals surface area contributed by atoms with E-state index in [9.17, 15) is 14.9 Å². The monoisotopic (exact) mass is 223 g/mol. The number of carbonyl (C=O) groups excluding carboxylic acids is 1. The molecule has 1 aromatic carbocycles. The summed E-state index contributed by atoms with van der Waals surface area (Å²) in [6.07, 6.45) is 1.22. The lowest BCUT2D eigenvalue weighted by molar-refractivity contribution is -0.384. The van der Waals surface area contributed by atoms with Crippen LogP contribution in [0.2, 0.25) is 5.02 Å². The molecule has 0 aromatic heterocycles. The Morgan fingerprint density at radius 1 is 1.53 bits per heavy atom. The zero-order valence-electron chi connectivity index (χ0n) is 7.10. The first kappa shape index (κ1) is 10.9. The Morgan fingerprint density at radius 2 is 2.20 bits per heavy atom. The van der Waals surface area contributed by atoms with Crippen LogP contribution in [0.15, 0.2) is 17.1 Å². The van der Waals surface area contributed by atoms with Crippen LogP contribution in [0.5, 0.6) is 0 Å². The van der Waals surface area contributed by atoms with Crippen LogP contribution in [0.4, 0.5) is 11.4 Å². The Morgan fingerprint density at radius 3 is 2.67 bits per heavy atom. The van der Waals surface area contributed by atoms with E-state index < -0.39 is 4.92 Å². The van der Waals surface area contributed by atoms with E-state index in [1.165, 1.54) is 6.08 Å². The van der Waals surface area contributed by atoms with Crippen molar-refractivity contribution in [1.82, 2.24) is 0 Å². The van der Waals surface area contributed by atoms with Gasteiger partial charge in [-0.3, -0.25) is 10.1 Å². The van der Waals surface area contributed by atoms with Crippen molar-refractivity contribution in [2.45, 2.75) is 0 Å². The number of isocyanates is 1. The Hall–Kier alpha value is -2.22. The van der Waals surface area contributed by atoms with Crippen molar-refractivity contribution >= 4 is 29.1 Å². The number of benzene rings is 1. The van der Waals surface area contributed by atoms with Crippen LogP contribution in [0.1, 0.15) is 5.56 Å². The molecule has 6 nitrogen and oxygen atoms in total. The first-order valence-electron chi connectivity index (χ1n) is 3.56. The van der Waals surface area contributed by atoms with Crippen molar-refractivity contribution in [3.63, 3.8) is 0 Å². The highest BCUT2D eigenvalue weighted by Gasteiger charge is 2.14. The summed E-state index contributed by atoms with van der Waals surface area (Å²) < 4.78 is 0. The Bertz CT molecular complexity index is 515. The van der Waals surface area contributed by atoms with E-state index >= 15 is 0 Å². The molecule has 0 amide bonds. The molecule has 0 aliphatic heterocycles. The lowest BCUT2D eigenvalue weighted by Crippen LogP contribution is -1.89. The van der Waals surface area contributed by atoms with Crippen molar-refractivity contribution in [3.8, 4) is 6.07 Å². The molecular weight excluding hydrogens is 222 g/mol. The summed E-state index contributed by atoms with van der Waals surface area (Å²) in [7, 11) is 0. The summed E-state index contributed by atoms with van der Waals surface area (Å²) >= 11 is 5.61. The van der Waals surface area contributed by atoms with Gasteiger partial charge in [0.1, 0.15) is 11.8 Å². The third-order valence-electron chi connectivity index (χ3n) is 1.54. The number of hydrogen-bond acceptors (Lipinski definition) is 5. The number of non-ortho nitro benzene ring substituents is 1. The van der Waals surface area contributed by atoms with Gasteiger partial charge in [0.25, 0.3) is 5.69 Å². The van der Waals surface area contributed by atoms with E-state index in [-0.39, 0.29) is 22.0 Å². The van der Waals surface area contributed by atoms with E-state index in [1.54, 1.807) is 6.07 Å². The highest BCUT2D eigenvalue weighted by Crippen LogP contribution is 2.32. The van der Waals surface area contributed by atoms with Crippen molar-refractivity contribution < 1.29 is 9.72 Å². The van der Waals surface area contributed by atoms with Gasteiger partial charge in [-0.2, -0.15) is 10.3 Å². The molecule has 74 valence electrons. The lowest BCUT2D eigenvalue weighted by atomic mass is 10.2. The third-order valence-corrected chi connectivity index (χ3v) is 1.83. The average Bonchev–Trinajstić information content (AvgIpc) is 2.20. The minimum Gasteiger partial charge on any atom is -0.258 e. The van der Waals surface area contributed by atoms with Crippen molar-refractivity contribution in [1.29, 1.82) is 5.26 Å². The molecule has 0 saturated carbocycles. The maximum atomic E-state index is 10.4. The maximum absolute atomic E-state index is 10.4. The van der Waals surface area contributed by atoms with Crippen molar-refractivity contribution in [2.75, 3.05) is 0 Å². The molecule has 0 unspecified atom stereocenters. The number of aliphatic imine (C=N–C) groups is 1. The first-order chi connectivity index (χ1) is 7.10. The summed E-state index contributed by atoms with van der Waals surface area (Å²) in [6.45, 7) is 0. The minimum atomic E-state index is -0.693. The highest BCUT2D eigenvalue weighted by molar-refractivity contribution is 6.33. The molecule has 0 heterocycles. The van der Waals surface area contributed by atoms with Gasteiger partial charge in [-0.05, 0) is 0 Å². The average molecular weight is 224 g/mol. The lowest BCUT2D eigenvalue weighted by Gasteiger charge is -1.98. The summed E-state index contributed by atoms with van der Waals surface area (Å²) in [5.74, 6) is 0. The van der Waals surface area contributed by atoms with Crippen LogP contribution in [-0.4, -0.2) is 11.0 Å². The van der Waals surface area contributed by atoms with E-state index in [2.05, 4.69) is 4.99 Å². The largest absolute Gasteiger partial charge is 0.272 e. The zero-order chi connectivity index (χ0) is 11.4. The Labute approximate surface area is 88.6 Å². The molecule has 7 heteroatoms. The highest BCUT2D eigenvalue weighted by atomic mass is 35.5. The number of nitro groups is 1. The van der Waals surface area contributed by atoms with E-state index in [0.29, 0.717) is 0 Å². The SMILES string of the molecule is N#Cc1cc([N+](=O)[O-])cc(Cl)c1N=C=O. The van der Waals surface area contributed by atoms with Gasteiger partial charge in [0.05, 0.1) is 15.5 Å². The van der Waals surface area contributed by atoms with Crippen LogP contribution in [-0.2, 0) is 4.79 Å². The topological polar surface area (TPSA) is 96.4 Å². The van der Waals surface area contributed by atoms with Gasteiger partial charge >= 0.3 is 0 Å². The number of hydrogen-bond donors (Lipinski definition) is 0. The molecule has 0 spiro atoms. The van der Waals surface area contributed by atoms with E-state index in [4.69, 9.17) is 16.9 Å². The second-order valence-electron chi connectivity index (χ2n) is 2.40. The number of nitrogens with zero attached hydrogens (tertiary/aromatic N) is 3. The summed E-state index contributed by atoms with van der Waals surface area (Å²) in [5.41, 5.74) is -0.585. The number of nitro benzene ring substituents is 1. The molecule has 0 bridgehead atoms. The standard InChI is InChI=1S/C8H2ClN3O3/c9-7-2-6(12(14)15)1-5(3-10)8(7)11-4-13/h1-2H. The molecule has 0 saturated heterocycles. The fraction of sp³-hybridized carbons (Fsp3) is 0. The predicted octanol–water partition coefficient (Wildman–Crippen LogP) is 2.09. The zero-order valence-corrected chi connectivity index (χ0v) is 7.85. The second-order valence-corrected chi connectivity index (χ2v) is 2.80. The summed E-state index contributed by atoms with van der Waals surface area (Å²) in [5, 5.41) is 18.9. The normalized spacial score (nSPS) is 8.80. The van der Waals surface area contributed by atoms with Gasteiger partial charge in [0, 0.05) is 12.1 Å². The van der Waals surface area contributed by atoms with Gasteiger partial charge in [-0.25, -0.2) is 4.79 Å². The van der Waals surface area contributed by atoms with Crippen LogP contribution >= 0.6 is 11.6 Å². The Balaban J connectivity index is 3.52. The van der Waals surface area contributed by atoms with E-state index in [1.807, 2.05) is 0 Å². The smallest absolute Gasteiger partial charge is 0.258 e. The molecule has 0 N–H and O–H groups in total. The molecule has 15 heavy (non-hydrogen) atoms. The van der Waals surface area contributed by atoms with E-state index in [0.717, 1.165) is 12.1 Å². The molecule has 0 aliphatic rings. The van der Waals surface area contributed by atoms with Crippen LogP contribution < -0.4 is 0 Å². The van der Waals surface area contributed by atoms with Crippen molar-refractivity contribution in [2.24, 2.45) is 4.99 Å². The Kier molecular flexibility index (Phi) is 3.13. The molecule has 0 radical (unpaired) electrons. The summed E-state index contributed by atoms with van der Waals surface area (Å²) in [6, 6.07) is 3.66. The number of rotatable bonds is 2. The maximum Gasteiger partial charge on any atom is 0.272 e. The van der Waals surface area contributed by atoms with Gasteiger partial charge < -0.3 is 0 Å². The summed E-state index contributed by atoms with van der Waals surface area (Å²) in [4.78, 5) is 22.9. The number of nitriles is 1. The molecular formula is C8H2ClN3O3. The molecule has 0 fully saturated rings. The molecule has 1 rings (SSSR count).